The van der Waals surface area contributed by atoms with E-state index >= 15 is 0 Å². The minimum absolute atomic E-state index is 0.123. The lowest BCUT2D eigenvalue weighted by Crippen LogP contribution is -2.45. The molecule has 1 aromatic rings. The zero-order chi connectivity index (χ0) is 20.3. The lowest BCUT2D eigenvalue weighted by molar-refractivity contribution is -0.155. The average Bonchev–Trinajstić information content (AvgIpc) is 2.91. The van der Waals surface area contributed by atoms with Crippen molar-refractivity contribution in [1.82, 2.24) is 15.1 Å². The third-order valence-corrected chi connectivity index (χ3v) is 5.39. The molecular weight excluding hydrogens is 362 g/mol. The van der Waals surface area contributed by atoms with Crippen LogP contribution < -0.4 is 5.32 Å². The van der Waals surface area contributed by atoms with Crippen molar-refractivity contribution in [1.29, 1.82) is 0 Å². The van der Waals surface area contributed by atoms with Gasteiger partial charge in [-0.3, -0.25) is 19.3 Å². The van der Waals surface area contributed by atoms with Crippen LogP contribution in [-0.4, -0.2) is 59.4 Å². The molecule has 2 fully saturated rings. The van der Waals surface area contributed by atoms with Gasteiger partial charge in [-0.2, -0.15) is 0 Å². The molecule has 0 saturated carbocycles. The summed E-state index contributed by atoms with van der Waals surface area (Å²) in [5.41, 5.74) is -0.615. The van der Waals surface area contributed by atoms with E-state index in [-0.39, 0.29) is 18.6 Å². The number of rotatable bonds is 5. The van der Waals surface area contributed by atoms with Crippen LogP contribution in [-0.2, 0) is 24.7 Å². The van der Waals surface area contributed by atoms with Gasteiger partial charge in [0.1, 0.15) is 12.1 Å². The van der Waals surface area contributed by atoms with Crippen molar-refractivity contribution in [3.63, 3.8) is 0 Å². The SMILES string of the molecule is C[C@@H]1CCCCN1C(=O)COC(=O)CN1C(=O)N[C@](C)(c2ccccc2)C1=O. The first-order valence-electron chi connectivity index (χ1n) is 9.47. The molecule has 28 heavy (non-hydrogen) atoms. The number of ether oxygens (including phenoxy) is 1. The summed E-state index contributed by atoms with van der Waals surface area (Å²) in [6.07, 6.45) is 2.95. The number of piperidine rings is 1. The Morgan fingerprint density at radius 2 is 1.93 bits per heavy atom. The Kier molecular flexibility index (Phi) is 5.67. The van der Waals surface area contributed by atoms with Crippen molar-refractivity contribution in [2.24, 2.45) is 0 Å². The van der Waals surface area contributed by atoms with E-state index in [0.717, 1.165) is 24.2 Å². The van der Waals surface area contributed by atoms with E-state index < -0.39 is 30.0 Å². The van der Waals surface area contributed by atoms with Crippen LogP contribution in [0.2, 0.25) is 0 Å². The molecule has 0 aliphatic carbocycles. The molecule has 2 saturated heterocycles. The molecule has 2 atom stereocenters. The van der Waals surface area contributed by atoms with Gasteiger partial charge < -0.3 is 15.0 Å². The summed E-state index contributed by atoms with van der Waals surface area (Å²) in [5, 5.41) is 2.63. The molecule has 0 bridgehead atoms. The summed E-state index contributed by atoms with van der Waals surface area (Å²) < 4.78 is 5.03. The maximum absolute atomic E-state index is 12.8. The minimum atomic E-state index is -1.24. The molecular formula is C20H25N3O5. The van der Waals surface area contributed by atoms with Gasteiger partial charge in [-0.25, -0.2) is 4.79 Å². The van der Waals surface area contributed by atoms with Crippen LogP contribution in [0.15, 0.2) is 30.3 Å². The van der Waals surface area contributed by atoms with Gasteiger partial charge in [0.05, 0.1) is 0 Å². The molecule has 150 valence electrons. The molecule has 0 aromatic heterocycles. The van der Waals surface area contributed by atoms with Gasteiger partial charge in [0.15, 0.2) is 6.61 Å². The maximum Gasteiger partial charge on any atom is 0.326 e. The Hall–Kier alpha value is -2.90. The number of nitrogens with one attached hydrogen (secondary N) is 1. The smallest absolute Gasteiger partial charge is 0.326 e. The molecule has 8 heteroatoms. The summed E-state index contributed by atoms with van der Waals surface area (Å²) in [6, 6.07) is 8.27. The molecule has 2 aliphatic heterocycles. The predicted octanol–water partition coefficient (Wildman–Crippen LogP) is 1.40. The lowest BCUT2D eigenvalue weighted by Gasteiger charge is -2.33. The van der Waals surface area contributed by atoms with Crippen molar-refractivity contribution < 1.29 is 23.9 Å². The number of esters is 1. The molecule has 8 nitrogen and oxygen atoms in total. The van der Waals surface area contributed by atoms with E-state index in [1.165, 1.54) is 0 Å². The zero-order valence-corrected chi connectivity index (χ0v) is 16.1. The van der Waals surface area contributed by atoms with E-state index in [0.29, 0.717) is 12.1 Å². The Morgan fingerprint density at radius 1 is 1.21 bits per heavy atom. The molecule has 3 rings (SSSR count). The first kappa shape index (κ1) is 19.9. The molecule has 1 aromatic carbocycles. The Labute approximate surface area is 163 Å². The second-order valence-corrected chi connectivity index (χ2v) is 7.41. The van der Waals surface area contributed by atoms with E-state index in [4.69, 9.17) is 4.74 Å². The van der Waals surface area contributed by atoms with Gasteiger partial charge in [0.25, 0.3) is 11.8 Å². The second-order valence-electron chi connectivity index (χ2n) is 7.41. The summed E-state index contributed by atoms with van der Waals surface area (Å²) in [7, 11) is 0. The molecule has 0 unspecified atom stereocenters. The van der Waals surface area contributed by atoms with Gasteiger partial charge in [-0.1, -0.05) is 30.3 Å². The normalized spacial score (nSPS) is 24.9. The van der Waals surface area contributed by atoms with Crippen LogP contribution in [0.25, 0.3) is 0 Å². The fourth-order valence-electron chi connectivity index (χ4n) is 3.68. The maximum atomic E-state index is 12.8. The Morgan fingerprint density at radius 3 is 2.61 bits per heavy atom. The fourth-order valence-corrected chi connectivity index (χ4v) is 3.68. The van der Waals surface area contributed by atoms with Crippen molar-refractivity contribution in [3.05, 3.63) is 35.9 Å². The minimum Gasteiger partial charge on any atom is -0.454 e. The molecule has 0 radical (unpaired) electrons. The van der Waals surface area contributed by atoms with Gasteiger partial charge in [-0.15, -0.1) is 0 Å². The first-order valence-corrected chi connectivity index (χ1v) is 9.47. The van der Waals surface area contributed by atoms with Crippen LogP contribution in [0.3, 0.4) is 0 Å². The topological polar surface area (TPSA) is 96.0 Å². The van der Waals surface area contributed by atoms with Gasteiger partial charge in [-0.05, 0) is 38.7 Å². The van der Waals surface area contributed by atoms with Crippen LogP contribution in [0, 0.1) is 0 Å². The third kappa shape index (κ3) is 3.85. The second kappa shape index (κ2) is 8.00. The molecule has 0 spiro atoms. The first-order chi connectivity index (χ1) is 13.3. The number of urea groups is 1. The number of imide groups is 1. The number of nitrogens with zero attached hydrogens (tertiary/aromatic N) is 2. The van der Waals surface area contributed by atoms with Gasteiger partial charge >= 0.3 is 12.0 Å². The number of hydrogen-bond acceptors (Lipinski definition) is 5. The summed E-state index contributed by atoms with van der Waals surface area (Å²) >= 11 is 0. The van der Waals surface area contributed by atoms with Crippen molar-refractivity contribution in [2.75, 3.05) is 19.7 Å². The number of likely N-dealkylation sites (tertiary alicyclic amines) is 1. The van der Waals surface area contributed by atoms with E-state index in [9.17, 15) is 19.2 Å². The van der Waals surface area contributed by atoms with Crippen LogP contribution in [0.5, 0.6) is 0 Å². The summed E-state index contributed by atoms with van der Waals surface area (Å²) in [6.45, 7) is 3.30. The number of hydrogen-bond donors (Lipinski definition) is 1. The van der Waals surface area contributed by atoms with E-state index in [1.807, 2.05) is 13.0 Å². The summed E-state index contributed by atoms with van der Waals surface area (Å²) in [4.78, 5) is 51.9. The van der Waals surface area contributed by atoms with Gasteiger partial charge in [0.2, 0.25) is 0 Å². The van der Waals surface area contributed by atoms with Crippen LogP contribution in [0.4, 0.5) is 4.79 Å². The average molecular weight is 387 g/mol. The number of carbonyl (C=O) groups is 4. The monoisotopic (exact) mass is 387 g/mol. The highest BCUT2D eigenvalue weighted by molar-refractivity contribution is 6.08. The molecule has 4 amide bonds. The van der Waals surface area contributed by atoms with Crippen LogP contribution >= 0.6 is 0 Å². The predicted molar refractivity (Wildman–Crippen MR) is 100 cm³/mol. The largest absolute Gasteiger partial charge is 0.454 e. The zero-order valence-electron chi connectivity index (χ0n) is 16.1. The van der Waals surface area contributed by atoms with Crippen LogP contribution in [0.1, 0.15) is 38.7 Å². The van der Waals surface area contributed by atoms with E-state index in [2.05, 4.69) is 5.32 Å². The quantitative estimate of drug-likeness (QED) is 0.609. The highest BCUT2D eigenvalue weighted by Crippen LogP contribution is 2.28. The molecule has 2 heterocycles. The highest BCUT2D eigenvalue weighted by Gasteiger charge is 2.49. The summed E-state index contributed by atoms with van der Waals surface area (Å²) in [5.74, 6) is -1.58. The number of amides is 4. The number of benzene rings is 1. The fraction of sp³-hybridized carbons (Fsp3) is 0.500. The van der Waals surface area contributed by atoms with E-state index in [1.54, 1.807) is 36.1 Å². The third-order valence-electron chi connectivity index (χ3n) is 5.39. The van der Waals surface area contributed by atoms with Crippen molar-refractivity contribution in [2.45, 2.75) is 44.7 Å². The molecule has 2 aliphatic rings. The van der Waals surface area contributed by atoms with Crippen molar-refractivity contribution >= 4 is 23.8 Å². The standard InChI is InChI=1S/C20H25N3O5/c1-14-8-6-7-11-22(14)16(24)13-28-17(25)12-23-18(26)20(2,21-19(23)27)15-9-4-3-5-10-15/h3-5,9-10,14H,6-8,11-13H2,1-2H3,(H,21,27)/t14-,20-/m1/s1. The van der Waals surface area contributed by atoms with Crippen molar-refractivity contribution in [3.8, 4) is 0 Å². The van der Waals surface area contributed by atoms with Gasteiger partial charge in [0, 0.05) is 12.6 Å². The lowest BCUT2D eigenvalue weighted by atomic mass is 9.92. The molecule has 1 N–H and O–H groups in total. The Balaban J connectivity index is 1.57. The number of carbonyl (C=O) groups excluding carboxylic acids is 4. The Bertz CT molecular complexity index is 781. The highest BCUT2D eigenvalue weighted by atomic mass is 16.5.